The van der Waals surface area contributed by atoms with Crippen LogP contribution in [0.2, 0.25) is 0 Å². The maximum atomic E-state index is 13.6. The number of carbonyl (C=O) groups is 2. The lowest BCUT2D eigenvalue weighted by molar-refractivity contribution is -0.142. The molecule has 1 aliphatic heterocycles. The third kappa shape index (κ3) is 6.96. The molecule has 0 atom stereocenters. The number of carbonyl (C=O) groups excluding carboxylic acids is 2. The molecular weight excluding hydrogens is 510 g/mol. The second-order valence-electron chi connectivity index (χ2n) is 11.0. The molecule has 7 nitrogen and oxygen atoms in total. The number of nitrogens with zero attached hydrogens (tertiary/aromatic N) is 1. The summed E-state index contributed by atoms with van der Waals surface area (Å²) < 4.78 is 35.0. The van der Waals surface area contributed by atoms with Gasteiger partial charge in [-0.05, 0) is 53.7 Å². The van der Waals surface area contributed by atoms with E-state index in [-0.39, 0.29) is 19.1 Å². The fourth-order valence-corrected chi connectivity index (χ4v) is 5.54. The maximum absolute atomic E-state index is 13.6. The van der Waals surface area contributed by atoms with Crippen LogP contribution < -0.4 is 9.08 Å². The van der Waals surface area contributed by atoms with Crippen molar-refractivity contribution in [2.45, 2.75) is 64.2 Å². The average Bonchev–Trinajstić information content (AvgIpc) is 2.75. The van der Waals surface area contributed by atoms with Crippen molar-refractivity contribution in [1.29, 1.82) is 0 Å². The molecule has 1 aliphatic rings. The minimum atomic E-state index is -3.77. The molecule has 1 amide bonds. The number of hydrogen-bond acceptors (Lipinski definition) is 7. The molecule has 3 rings (SSSR count). The van der Waals surface area contributed by atoms with Gasteiger partial charge < -0.3 is 8.92 Å². The van der Waals surface area contributed by atoms with Crippen LogP contribution in [-0.4, -0.2) is 39.7 Å². The van der Waals surface area contributed by atoms with Gasteiger partial charge in [-0.25, -0.2) is 0 Å². The molecule has 0 N–H and O–H groups in total. The number of rotatable bonds is 6. The van der Waals surface area contributed by atoms with E-state index in [0.717, 1.165) is 16.7 Å². The largest absolute Gasteiger partial charge is 0.465 e. The molecule has 2 aromatic rings. The Morgan fingerprint density at radius 2 is 1.59 bits per heavy atom. The summed E-state index contributed by atoms with van der Waals surface area (Å²) in [6, 6.07) is 11.2. The monoisotopic (exact) mass is 545 g/mol. The van der Waals surface area contributed by atoms with Crippen LogP contribution in [0.5, 0.6) is 5.75 Å². The summed E-state index contributed by atoms with van der Waals surface area (Å²) in [5, 5.41) is 0. The van der Waals surface area contributed by atoms with Crippen molar-refractivity contribution in [3.8, 4) is 5.75 Å². The lowest BCUT2D eigenvalue weighted by atomic mass is 9.78. The van der Waals surface area contributed by atoms with E-state index in [1.54, 1.807) is 13.0 Å². The molecule has 37 heavy (non-hydrogen) atoms. The number of para-hydroxylation sites is 1. The maximum Gasteiger partial charge on any atom is 0.326 e. The Balaban J connectivity index is 2.20. The summed E-state index contributed by atoms with van der Waals surface area (Å²) >= 11 is 1.34. The molecule has 0 unspecified atom stereocenters. The number of benzene rings is 2. The summed E-state index contributed by atoms with van der Waals surface area (Å²) in [6.45, 7) is 13.7. The summed E-state index contributed by atoms with van der Waals surface area (Å²) in [6.07, 6.45) is 2.82. The number of anilines is 1. The molecule has 0 aliphatic carbocycles. The zero-order chi connectivity index (χ0) is 27.8. The van der Waals surface area contributed by atoms with E-state index in [4.69, 9.17) is 8.92 Å². The Morgan fingerprint density at radius 3 is 2.11 bits per heavy atom. The van der Waals surface area contributed by atoms with E-state index in [1.165, 1.54) is 16.7 Å². The van der Waals surface area contributed by atoms with Crippen molar-refractivity contribution in [1.82, 2.24) is 0 Å². The molecule has 9 heteroatoms. The number of esters is 1. The molecule has 2 aromatic carbocycles. The first kappa shape index (κ1) is 28.8. The quantitative estimate of drug-likeness (QED) is 0.263. The van der Waals surface area contributed by atoms with E-state index in [9.17, 15) is 18.0 Å². The number of hydrogen-bond donors (Lipinski definition) is 0. The smallest absolute Gasteiger partial charge is 0.326 e. The van der Waals surface area contributed by atoms with Gasteiger partial charge in [0.05, 0.1) is 23.5 Å². The first-order valence-electron chi connectivity index (χ1n) is 12.1. The van der Waals surface area contributed by atoms with Crippen molar-refractivity contribution in [3.63, 3.8) is 0 Å². The third-order valence-electron chi connectivity index (χ3n) is 5.68. The zero-order valence-corrected chi connectivity index (χ0v) is 24.3. The molecule has 0 fully saturated rings. The Morgan fingerprint density at radius 1 is 1.03 bits per heavy atom. The predicted molar refractivity (Wildman–Crippen MR) is 149 cm³/mol. The van der Waals surface area contributed by atoms with Crippen molar-refractivity contribution < 1.29 is 26.9 Å². The predicted octanol–water partition coefficient (Wildman–Crippen LogP) is 5.66. The highest BCUT2D eigenvalue weighted by atomic mass is 32.2. The highest BCUT2D eigenvalue weighted by Gasteiger charge is 2.33. The number of thioether (sulfide) groups is 1. The van der Waals surface area contributed by atoms with Crippen LogP contribution in [-0.2, 0) is 35.3 Å². The van der Waals surface area contributed by atoms with Gasteiger partial charge in [0.25, 0.3) is 5.91 Å². The van der Waals surface area contributed by atoms with Crippen LogP contribution in [0.1, 0.15) is 65.2 Å². The van der Waals surface area contributed by atoms with E-state index < -0.39 is 26.9 Å². The molecule has 0 radical (unpaired) electrons. The second kappa shape index (κ2) is 10.5. The van der Waals surface area contributed by atoms with Gasteiger partial charge in [-0.3, -0.25) is 14.5 Å². The molecular formula is C28H35NO6S2. The third-order valence-corrected chi connectivity index (χ3v) is 7.23. The van der Waals surface area contributed by atoms with Gasteiger partial charge in [0.1, 0.15) is 12.3 Å². The first-order chi connectivity index (χ1) is 17.0. The highest BCUT2D eigenvalue weighted by Crippen LogP contribution is 2.44. The molecule has 0 bridgehead atoms. The van der Waals surface area contributed by atoms with E-state index in [1.807, 2.05) is 77.9 Å². The van der Waals surface area contributed by atoms with E-state index in [0.29, 0.717) is 27.5 Å². The first-order valence-corrected chi connectivity index (χ1v) is 14.7. The number of fused-ring (bicyclic) bond motifs is 1. The van der Waals surface area contributed by atoms with Crippen LogP contribution in [0.25, 0.3) is 6.08 Å². The van der Waals surface area contributed by atoms with E-state index in [2.05, 4.69) is 0 Å². The van der Waals surface area contributed by atoms with Crippen LogP contribution in [0.15, 0.2) is 46.2 Å². The van der Waals surface area contributed by atoms with Crippen molar-refractivity contribution in [3.05, 3.63) is 58.0 Å². The van der Waals surface area contributed by atoms with Gasteiger partial charge in [-0.15, -0.1) is 0 Å². The van der Waals surface area contributed by atoms with Gasteiger partial charge in [-0.1, -0.05) is 65.4 Å². The van der Waals surface area contributed by atoms with Crippen LogP contribution in [0.3, 0.4) is 0 Å². The molecule has 0 aromatic heterocycles. The average molecular weight is 546 g/mol. The van der Waals surface area contributed by atoms with Gasteiger partial charge in [0.15, 0.2) is 0 Å². The van der Waals surface area contributed by atoms with Gasteiger partial charge in [0, 0.05) is 16.0 Å². The molecule has 0 saturated heterocycles. The summed E-state index contributed by atoms with van der Waals surface area (Å²) in [5.74, 6) is -0.464. The molecule has 1 heterocycles. The Labute approximate surface area is 224 Å². The van der Waals surface area contributed by atoms with Gasteiger partial charge in [0.2, 0.25) is 0 Å². The fourth-order valence-electron chi connectivity index (χ4n) is 4.00. The van der Waals surface area contributed by atoms with Gasteiger partial charge >= 0.3 is 16.1 Å². The fraction of sp³-hybridized carbons (Fsp3) is 0.429. The summed E-state index contributed by atoms with van der Waals surface area (Å²) in [7, 11) is -3.77. The van der Waals surface area contributed by atoms with Crippen LogP contribution in [0, 0.1) is 0 Å². The second-order valence-corrected chi connectivity index (χ2v) is 13.7. The topological polar surface area (TPSA) is 90.0 Å². The summed E-state index contributed by atoms with van der Waals surface area (Å²) in [4.78, 5) is 28.6. The number of amides is 1. The standard InChI is InChI=1S/C28H35NO6S2/c1-9-34-24(30)17-29-21-12-10-11-13-22(21)36-23(26(29)31)16-18-14-19(27(2,3)4)25(35-37(8,32)33)20(15-18)28(5,6)7/h10-16H,9,17H2,1-8H3. The normalized spacial score (nSPS) is 15.5. The van der Waals surface area contributed by atoms with Crippen LogP contribution >= 0.6 is 11.8 Å². The van der Waals surface area contributed by atoms with Crippen molar-refractivity contribution >= 4 is 45.5 Å². The zero-order valence-electron chi connectivity index (χ0n) is 22.7. The Kier molecular flexibility index (Phi) is 8.19. The van der Waals surface area contributed by atoms with Crippen molar-refractivity contribution in [2.75, 3.05) is 24.3 Å². The molecule has 0 spiro atoms. The minimum Gasteiger partial charge on any atom is -0.465 e. The van der Waals surface area contributed by atoms with Crippen molar-refractivity contribution in [2.24, 2.45) is 0 Å². The molecule has 0 saturated carbocycles. The van der Waals surface area contributed by atoms with Gasteiger partial charge in [-0.2, -0.15) is 8.42 Å². The Bertz CT molecular complexity index is 1310. The lowest BCUT2D eigenvalue weighted by Gasteiger charge is -2.31. The van der Waals surface area contributed by atoms with E-state index >= 15 is 0 Å². The lowest BCUT2D eigenvalue weighted by Crippen LogP contribution is -2.39. The summed E-state index contributed by atoms with van der Waals surface area (Å²) in [5.41, 5.74) is 1.94. The molecule has 200 valence electrons. The number of ether oxygens (including phenoxy) is 1. The SMILES string of the molecule is CCOC(=O)CN1C(=O)C(=Cc2cc(C(C)(C)C)c(OS(C)(=O)=O)c(C(C)(C)C)c2)Sc2ccccc21. The minimum absolute atomic E-state index is 0.191. The highest BCUT2D eigenvalue weighted by molar-refractivity contribution is 8.04. The van der Waals surface area contributed by atoms with Crippen LogP contribution in [0.4, 0.5) is 5.69 Å². The Hall–Kier alpha value is -2.78.